The Balaban J connectivity index is 3.34. The molecule has 1 aromatic rings. The maximum Gasteiger partial charge on any atom is 0.460 e. The van der Waals surface area contributed by atoms with Gasteiger partial charge in [-0.05, 0) is 17.3 Å². The van der Waals surface area contributed by atoms with Crippen molar-refractivity contribution < 1.29 is 39.5 Å². The summed E-state index contributed by atoms with van der Waals surface area (Å²) in [5, 5.41) is 2.26. The number of halogens is 9. The van der Waals surface area contributed by atoms with Crippen molar-refractivity contribution in [3.63, 3.8) is 0 Å². The van der Waals surface area contributed by atoms with Crippen molar-refractivity contribution in [2.24, 2.45) is 5.18 Å². The fraction of sp³-hybridized carbons (Fsp3) is 0.364. The highest BCUT2D eigenvalue weighted by Gasteiger charge is 2.82. The van der Waals surface area contributed by atoms with E-state index in [1.165, 1.54) is 0 Å². The number of pyridine rings is 1. The van der Waals surface area contributed by atoms with E-state index >= 15 is 0 Å². The van der Waals surface area contributed by atoms with Crippen molar-refractivity contribution in [3.05, 3.63) is 41.1 Å². The fourth-order valence-electron chi connectivity index (χ4n) is 1.35. The van der Waals surface area contributed by atoms with Gasteiger partial charge in [0, 0.05) is 11.8 Å². The quantitative estimate of drug-likeness (QED) is 0.567. The number of alkyl halides is 9. The molecule has 0 aliphatic rings. The molecule has 0 N–H and O–H groups in total. The van der Waals surface area contributed by atoms with Crippen LogP contribution in [0.4, 0.5) is 39.5 Å². The van der Waals surface area contributed by atoms with E-state index in [-0.39, 0.29) is 12.3 Å². The lowest BCUT2D eigenvalue weighted by molar-refractivity contribution is -0.399. The van der Waals surface area contributed by atoms with Crippen molar-refractivity contribution >= 4 is 5.70 Å². The lowest BCUT2D eigenvalue weighted by Crippen LogP contribution is -2.59. The van der Waals surface area contributed by atoms with Gasteiger partial charge in [0.25, 0.3) is 0 Å². The zero-order valence-electron chi connectivity index (χ0n) is 10.6. The Morgan fingerprint density at radius 3 is 1.83 bits per heavy atom. The van der Waals surface area contributed by atoms with Gasteiger partial charge in [0.05, 0.1) is 5.69 Å². The minimum atomic E-state index is -6.99. The molecule has 0 unspecified atom stereocenters. The summed E-state index contributed by atoms with van der Waals surface area (Å²) in [5.41, 5.74) is -2.95. The number of hydrogen-bond acceptors (Lipinski definition) is 3. The van der Waals surface area contributed by atoms with Gasteiger partial charge in [-0.15, -0.1) is 4.91 Å². The minimum Gasteiger partial charge on any atom is -0.254 e. The molecule has 0 aliphatic heterocycles. The number of aromatic nitrogens is 1. The van der Waals surface area contributed by atoms with Crippen molar-refractivity contribution in [2.75, 3.05) is 0 Å². The van der Waals surface area contributed by atoms with E-state index in [2.05, 4.69) is 16.7 Å². The number of nitroso groups, excluding NO2 is 1. The van der Waals surface area contributed by atoms with Gasteiger partial charge in [-0.1, -0.05) is 6.58 Å². The minimum absolute atomic E-state index is 0.0773. The van der Waals surface area contributed by atoms with E-state index in [9.17, 15) is 44.4 Å². The van der Waals surface area contributed by atoms with E-state index in [4.69, 9.17) is 0 Å². The van der Waals surface area contributed by atoms with E-state index in [0.717, 1.165) is 0 Å². The molecule has 128 valence electrons. The second-order valence-electron chi connectivity index (χ2n) is 4.19. The molecule has 12 heteroatoms. The Labute approximate surface area is 121 Å². The Hall–Kier alpha value is -2.14. The zero-order chi connectivity index (χ0) is 18.3. The summed E-state index contributed by atoms with van der Waals surface area (Å²) in [6, 6.07) is 0.605. The third kappa shape index (κ3) is 2.88. The van der Waals surface area contributed by atoms with Crippen molar-refractivity contribution in [3.8, 4) is 0 Å². The normalized spacial score (nSPS) is 13.8. The summed E-state index contributed by atoms with van der Waals surface area (Å²) in [7, 11) is 0. The first kappa shape index (κ1) is 18.9. The molecule has 0 spiro atoms. The maximum atomic E-state index is 13.5. The standard InChI is InChI=1S/C11H5F9N2O/c1-5(22-23)7-3-2-6(4-21-7)8(12,13)9(14,15)10(16,17)11(18,19)20/h2-4H,1H2. The van der Waals surface area contributed by atoms with Gasteiger partial charge in [0.2, 0.25) is 0 Å². The van der Waals surface area contributed by atoms with Crippen molar-refractivity contribution in [2.45, 2.75) is 23.9 Å². The molecule has 1 rings (SSSR count). The number of rotatable bonds is 5. The van der Waals surface area contributed by atoms with Gasteiger partial charge in [0.1, 0.15) is 5.70 Å². The highest BCUT2D eigenvalue weighted by atomic mass is 19.4. The summed E-state index contributed by atoms with van der Waals surface area (Å²) < 4.78 is 115. The first-order chi connectivity index (χ1) is 10.2. The Morgan fingerprint density at radius 1 is 0.957 bits per heavy atom. The van der Waals surface area contributed by atoms with Crippen LogP contribution in [0.5, 0.6) is 0 Å². The second kappa shape index (κ2) is 5.49. The van der Waals surface area contributed by atoms with Crippen LogP contribution in [0.1, 0.15) is 11.3 Å². The van der Waals surface area contributed by atoms with Crippen LogP contribution in [0.25, 0.3) is 5.70 Å². The average Bonchev–Trinajstić information content (AvgIpc) is 2.44. The summed E-state index contributed by atoms with van der Waals surface area (Å²) in [6.45, 7) is 3.01. The Morgan fingerprint density at radius 2 is 1.48 bits per heavy atom. The molecule has 0 aromatic carbocycles. The van der Waals surface area contributed by atoms with E-state index < -0.39 is 40.9 Å². The molecule has 0 saturated carbocycles. The fourth-order valence-corrected chi connectivity index (χ4v) is 1.35. The molecule has 3 nitrogen and oxygen atoms in total. The molecule has 0 amide bonds. The highest BCUT2D eigenvalue weighted by Crippen LogP contribution is 2.56. The van der Waals surface area contributed by atoms with Crippen LogP contribution < -0.4 is 0 Å². The third-order valence-corrected chi connectivity index (χ3v) is 2.68. The van der Waals surface area contributed by atoms with Crippen LogP contribution in [0.2, 0.25) is 0 Å². The van der Waals surface area contributed by atoms with Crippen LogP contribution in [0.15, 0.2) is 30.1 Å². The molecule has 0 fully saturated rings. The monoisotopic (exact) mass is 352 g/mol. The van der Waals surface area contributed by atoms with Gasteiger partial charge < -0.3 is 0 Å². The predicted octanol–water partition coefficient (Wildman–Crippen LogP) is 4.74. The molecule has 0 bridgehead atoms. The highest BCUT2D eigenvalue weighted by molar-refractivity contribution is 5.58. The van der Waals surface area contributed by atoms with Gasteiger partial charge in [0.15, 0.2) is 0 Å². The van der Waals surface area contributed by atoms with E-state index in [1.54, 1.807) is 0 Å². The summed E-state index contributed by atoms with van der Waals surface area (Å²) in [6.07, 6.45) is -6.98. The summed E-state index contributed by atoms with van der Waals surface area (Å²) in [4.78, 5) is 13.1. The van der Waals surface area contributed by atoms with Gasteiger partial charge in [-0.25, -0.2) is 0 Å². The SMILES string of the molecule is C=C(N=O)c1ccc(C(F)(F)C(F)(F)C(F)(F)C(F)(F)F)cn1. The lowest BCUT2D eigenvalue weighted by atomic mass is 9.98. The smallest absolute Gasteiger partial charge is 0.254 e. The van der Waals surface area contributed by atoms with Crippen molar-refractivity contribution in [1.29, 1.82) is 0 Å². The predicted molar refractivity (Wildman–Crippen MR) is 58.9 cm³/mol. The lowest BCUT2D eigenvalue weighted by Gasteiger charge is -2.33. The molecule has 1 aromatic heterocycles. The van der Waals surface area contributed by atoms with Crippen LogP contribution >= 0.6 is 0 Å². The number of hydrogen-bond donors (Lipinski definition) is 0. The third-order valence-electron chi connectivity index (χ3n) is 2.68. The van der Waals surface area contributed by atoms with Gasteiger partial charge in [-0.2, -0.15) is 39.5 Å². The molecule has 23 heavy (non-hydrogen) atoms. The summed E-state index contributed by atoms with van der Waals surface area (Å²) in [5.74, 6) is -19.7. The van der Waals surface area contributed by atoms with Crippen LogP contribution in [0.3, 0.4) is 0 Å². The number of nitrogens with zero attached hydrogens (tertiary/aromatic N) is 2. The summed E-state index contributed by atoms with van der Waals surface area (Å²) >= 11 is 0. The topological polar surface area (TPSA) is 42.3 Å². The molecule has 1 heterocycles. The molecule has 0 saturated heterocycles. The van der Waals surface area contributed by atoms with Gasteiger partial charge in [-0.3, -0.25) is 4.98 Å². The molecule has 0 radical (unpaired) electrons. The molecule has 0 aliphatic carbocycles. The second-order valence-corrected chi connectivity index (χ2v) is 4.19. The van der Waals surface area contributed by atoms with Crippen LogP contribution in [-0.4, -0.2) is 23.0 Å². The van der Waals surface area contributed by atoms with Crippen molar-refractivity contribution in [1.82, 2.24) is 4.98 Å². The van der Waals surface area contributed by atoms with E-state index in [0.29, 0.717) is 6.07 Å². The average molecular weight is 352 g/mol. The Kier molecular flexibility index (Phi) is 4.52. The maximum absolute atomic E-state index is 13.5. The molecular weight excluding hydrogens is 347 g/mol. The molecule has 0 atom stereocenters. The first-order valence-corrected chi connectivity index (χ1v) is 5.39. The van der Waals surface area contributed by atoms with Gasteiger partial charge >= 0.3 is 23.9 Å². The van der Waals surface area contributed by atoms with Crippen LogP contribution in [-0.2, 0) is 5.92 Å². The Bertz CT molecular complexity index is 607. The largest absolute Gasteiger partial charge is 0.460 e. The van der Waals surface area contributed by atoms with Crippen LogP contribution in [0, 0.1) is 4.91 Å². The first-order valence-electron chi connectivity index (χ1n) is 5.39. The molecular formula is C11H5F9N2O. The zero-order valence-corrected chi connectivity index (χ0v) is 10.6. The van der Waals surface area contributed by atoms with E-state index in [1.807, 2.05) is 0 Å².